The van der Waals surface area contributed by atoms with Gasteiger partial charge in [-0.15, -0.1) is 0 Å². The summed E-state index contributed by atoms with van der Waals surface area (Å²) in [6.07, 6.45) is 1.34. The van der Waals surface area contributed by atoms with Crippen LogP contribution in [-0.2, 0) is 27.3 Å². The molecule has 1 aliphatic heterocycles. The van der Waals surface area contributed by atoms with Crippen LogP contribution in [0.5, 0.6) is 5.75 Å². The summed E-state index contributed by atoms with van der Waals surface area (Å²) in [6, 6.07) is 20.8. The van der Waals surface area contributed by atoms with Gasteiger partial charge in [-0.1, -0.05) is 76.2 Å². The summed E-state index contributed by atoms with van der Waals surface area (Å²) in [5, 5.41) is 21.8. The predicted molar refractivity (Wildman–Crippen MR) is 243 cm³/mol. The molecule has 2 bridgehead atoms. The van der Waals surface area contributed by atoms with Crippen molar-refractivity contribution in [3.63, 3.8) is 0 Å². The Bertz CT molecular complexity index is 2010. The number of para-hydroxylation sites is 1. The maximum absolute atomic E-state index is 14.7. The summed E-state index contributed by atoms with van der Waals surface area (Å²) >= 11 is 0. The van der Waals surface area contributed by atoms with Crippen molar-refractivity contribution in [2.75, 3.05) is 59.9 Å². The Labute approximate surface area is 368 Å². The summed E-state index contributed by atoms with van der Waals surface area (Å²) in [4.78, 5) is 52.2. The lowest BCUT2D eigenvalue weighted by molar-refractivity contribution is -0.183. The standard InChI is InChI=1S/C49H70N6O7/c1-11-20-50-48(59)61-31(3)43-42(29-56)62-55(44(43)47(58)52-41-26-36-25-40(30(41)2)49(36,4)5)27-33-18-15-19-39(45(33)60-10)34-22-35(24-38(23-34)54(8)9)46(57)51-37(28-53(6)7)21-32-16-13-12-14-17-32/h12-19,22-24,30-31,36-37,40-44,56H,11,20-21,25-29H2,1-10H3,(H,50,59)(H,51,57)(H,52,58)/t30-,31-,36+,37-,40-,41-,42-,43-,44-/m0/s1. The van der Waals surface area contributed by atoms with Crippen molar-refractivity contribution in [3.8, 4) is 16.9 Å². The predicted octanol–water partition coefficient (Wildman–Crippen LogP) is 6.14. The first kappa shape index (κ1) is 46.8. The van der Waals surface area contributed by atoms with Gasteiger partial charge in [0.15, 0.2) is 0 Å². The second kappa shape index (κ2) is 20.2. The SMILES string of the molecule is CCCNC(=O)O[C@@H](C)[C@H]1[C@H](CO)ON(Cc2cccc(-c3cc(C(=O)N[C@@H](Cc4ccccc4)CN(C)C)cc(N(C)C)c3)c2OC)[C@@H]1C(=O)N[C@H]1C[C@H]2C[C@@H]([C@@H]1C)C2(C)C. The zero-order valence-corrected chi connectivity index (χ0v) is 38.4. The molecule has 62 heavy (non-hydrogen) atoms. The fourth-order valence-electron chi connectivity index (χ4n) is 10.3. The van der Waals surface area contributed by atoms with Crippen LogP contribution in [0.15, 0.2) is 66.7 Å². The van der Waals surface area contributed by atoms with E-state index in [9.17, 15) is 19.5 Å². The van der Waals surface area contributed by atoms with Gasteiger partial charge in [0.25, 0.3) is 5.91 Å². The number of anilines is 1. The molecule has 13 heteroatoms. The van der Waals surface area contributed by atoms with E-state index in [0.717, 1.165) is 40.8 Å². The molecule has 4 fully saturated rings. The number of carbonyl (C=O) groups is 3. The Kier molecular flexibility index (Phi) is 15.3. The number of alkyl carbamates (subject to hydrolysis) is 1. The minimum Gasteiger partial charge on any atom is -0.496 e. The summed E-state index contributed by atoms with van der Waals surface area (Å²) < 4.78 is 12.0. The first-order valence-electron chi connectivity index (χ1n) is 22.3. The van der Waals surface area contributed by atoms with Gasteiger partial charge in [-0.05, 0) is 99.2 Å². The van der Waals surface area contributed by atoms with E-state index in [4.69, 9.17) is 14.3 Å². The fraction of sp³-hybridized carbons (Fsp3) is 0.571. The molecular weight excluding hydrogens is 785 g/mol. The molecule has 3 aromatic carbocycles. The Morgan fingerprint density at radius 1 is 1.02 bits per heavy atom. The maximum Gasteiger partial charge on any atom is 0.407 e. The van der Waals surface area contributed by atoms with Gasteiger partial charge >= 0.3 is 6.09 Å². The first-order valence-corrected chi connectivity index (χ1v) is 22.3. The van der Waals surface area contributed by atoms with Crippen molar-refractivity contribution >= 4 is 23.6 Å². The number of methoxy groups -OCH3 is 1. The number of ether oxygens (including phenoxy) is 2. The van der Waals surface area contributed by atoms with Crippen molar-refractivity contribution in [2.24, 2.45) is 29.1 Å². The molecule has 7 rings (SSSR count). The van der Waals surface area contributed by atoms with Crippen molar-refractivity contribution < 1.29 is 33.8 Å². The Morgan fingerprint density at radius 3 is 2.39 bits per heavy atom. The number of rotatable bonds is 18. The van der Waals surface area contributed by atoms with Gasteiger partial charge in [-0.25, -0.2) is 4.79 Å². The fourth-order valence-corrected chi connectivity index (χ4v) is 10.3. The number of likely N-dealkylation sites (N-methyl/N-ethyl adjacent to an activating group) is 1. The summed E-state index contributed by atoms with van der Waals surface area (Å²) in [7, 11) is 9.50. The molecule has 4 N–H and O–H groups in total. The molecule has 0 aromatic heterocycles. The Morgan fingerprint density at radius 2 is 1.76 bits per heavy atom. The number of aliphatic hydroxyl groups is 1. The molecule has 0 unspecified atom stereocenters. The first-order chi connectivity index (χ1) is 29.6. The molecule has 9 atom stereocenters. The number of nitrogens with one attached hydrogen (secondary N) is 3. The monoisotopic (exact) mass is 855 g/mol. The third kappa shape index (κ3) is 10.4. The van der Waals surface area contributed by atoms with Gasteiger partial charge in [0.1, 0.15) is 24.0 Å². The second-order valence-corrected chi connectivity index (χ2v) is 18.8. The molecule has 3 aliphatic carbocycles. The zero-order chi connectivity index (χ0) is 44.9. The Balaban J connectivity index is 1.31. The van der Waals surface area contributed by atoms with Crippen LogP contribution in [0, 0.1) is 29.1 Å². The molecule has 3 aromatic rings. The van der Waals surface area contributed by atoms with Gasteiger partial charge in [-0.3, -0.25) is 14.4 Å². The minimum absolute atomic E-state index is 0.0104. The highest BCUT2D eigenvalue weighted by Gasteiger charge is 2.57. The molecular formula is C49H70N6O7. The van der Waals surface area contributed by atoms with E-state index in [2.05, 4.69) is 53.8 Å². The number of benzene rings is 3. The number of fused-ring (bicyclic) bond motifs is 2. The van der Waals surface area contributed by atoms with Crippen molar-refractivity contribution in [3.05, 3.63) is 83.4 Å². The summed E-state index contributed by atoms with van der Waals surface area (Å²) in [5.74, 6) is 0.821. The van der Waals surface area contributed by atoms with Crippen LogP contribution >= 0.6 is 0 Å². The highest BCUT2D eigenvalue weighted by molar-refractivity contribution is 5.97. The van der Waals surface area contributed by atoms with Crippen LogP contribution in [0.2, 0.25) is 0 Å². The van der Waals surface area contributed by atoms with Gasteiger partial charge in [0.05, 0.1) is 26.2 Å². The summed E-state index contributed by atoms with van der Waals surface area (Å²) in [6.45, 7) is 11.5. The van der Waals surface area contributed by atoms with Crippen LogP contribution in [0.3, 0.4) is 0 Å². The number of amides is 3. The molecule has 3 saturated carbocycles. The van der Waals surface area contributed by atoms with E-state index < -0.39 is 30.3 Å². The van der Waals surface area contributed by atoms with Crippen LogP contribution < -0.4 is 25.6 Å². The van der Waals surface area contributed by atoms with Crippen LogP contribution in [0.25, 0.3) is 11.1 Å². The largest absolute Gasteiger partial charge is 0.496 e. The number of carbonyl (C=O) groups excluding carboxylic acids is 3. The molecule has 0 radical (unpaired) electrons. The number of hydrogen-bond acceptors (Lipinski definition) is 10. The third-order valence-electron chi connectivity index (χ3n) is 13.7. The van der Waals surface area contributed by atoms with E-state index in [1.165, 1.54) is 6.42 Å². The van der Waals surface area contributed by atoms with Crippen LogP contribution in [0.1, 0.15) is 75.4 Å². The molecule has 1 heterocycles. The van der Waals surface area contributed by atoms with Gasteiger partial charge in [-0.2, -0.15) is 5.06 Å². The second-order valence-electron chi connectivity index (χ2n) is 18.8. The van der Waals surface area contributed by atoms with E-state index in [1.807, 2.05) is 94.6 Å². The number of aliphatic hydroxyl groups excluding tert-OH is 1. The van der Waals surface area contributed by atoms with E-state index in [0.29, 0.717) is 48.6 Å². The zero-order valence-electron chi connectivity index (χ0n) is 38.4. The smallest absolute Gasteiger partial charge is 0.407 e. The lowest BCUT2D eigenvalue weighted by Gasteiger charge is -2.62. The Hall–Kier alpha value is -4.69. The lowest BCUT2D eigenvalue weighted by Crippen LogP contribution is -2.62. The average molecular weight is 855 g/mol. The lowest BCUT2D eigenvalue weighted by atomic mass is 9.45. The molecule has 1 saturated heterocycles. The third-order valence-corrected chi connectivity index (χ3v) is 13.7. The molecule has 0 spiro atoms. The molecule has 4 aliphatic rings. The normalized spacial score (nSPS) is 25.0. The minimum atomic E-state index is -0.897. The van der Waals surface area contributed by atoms with Crippen molar-refractivity contribution in [2.45, 2.75) is 97.2 Å². The average Bonchev–Trinajstić information content (AvgIpc) is 3.61. The number of nitrogens with zero attached hydrogens (tertiary/aromatic N) is 3. The van der Waals surface area contributed by atoms with Gasteiger partial charge in [0.2, 0.25) is 5.91 Å². The quantitative estimate of drug-likeness (QED) is 0.118. The maximum atomic E-state index is 14.7. The highest BCUT2D eigenvalue weighted by Crippen LogP contribution is 2.61. The topological polar surface area (TPSA) is 145 Å². The van der Waals surface area contributed by atoms with Crippen molar-refractivity contribution in [1.82, 2.24) is 25.9 Å². The van der Waals surface area contributed by atoms with Crippen LogP contribution in [0.4, 0.5) is 10.5 Å². The molecule has 338 valence electrons. The number of hydrogen-bond donors (Lipinski definition) is 4. The van der Waals surface area contributed by atoms with Gasteiger partial charge < -0.3 is 40.3 Å². The highest BCUT2D eigenvalue weighted by atomic mass is 16.7. The number of hydroxylamine groups is 2. The van der Waals surface area contributed by atoms with E-state index >= 15 is 0 Å². The van der Waals surface area contributed by atoms with Crippen LogP contribution in [-0.4, -0.2) is 118 Å². The van der Waals surface area contributed by atoms with E-state index in [1.54, 1.807) is 19.1 Å². The summed E-state index contributed by atoms with van der Waals surface area (Å²) in [5.41, 5.74) is 5.02. The van der Waals surface area contributed by atoms with Crippen molar-refractivity contribution in [1.29, 1.82) is 0 Å². The molecule has 13 nitrogen and oxygen atoms in total. The molecule has 3 amide bonds. The van der Waals surface area contributed by atoms with E-state index in [-0.39, 0.29) is 42.5 Å². The van der Waals surface area contributed by atoms with Gasteiger partial charge in [0, 0.05) is 61.6 Å².